The van der Waals surface area contributed by atoms with Crippen molar-refractivity contribution in [1.29, 1.82) is 5.26 Å². The molecule has 0 spiro atoms. The fourth-order valence-electron chi connectivity index (χ4n) is 3.67. The predicted octanol–water partition coefficient (Wildman–Crippen LogP) is 4.27. The molecule has 1 N–H and O–H groups in total. The van der Waals surface area contributed by atoms with Crippen molar-refractivity contribution in [3.63, 3.8) is 0 Å². The molecule has 0 aliphatic rings. The average molecular weight is 482 g/mol. The summed E-state index contributed by atoms with van der Waals surface area (Å²) < 4.78 is 8.80. The van der Waals surface area contributed by atoms with Gasteiger partial charge in [0, 0.05) is 17.6 Å². The Morgan fingerprint density at radius 2 is 2.06 bits per heavy atom. The van der Waals surface area contributed by atoms with Crippen molar-refractivity contribution in [3.05, 3.63) is 61.8 Å². The van der Waals surface area contributed by atoms with Gasteiger partial charge in [0.2, 0.25) is 5.91 Å². The lowest BCUT2D eigenvalue weighted by atomic mass is 10.2. The van der Waals surface area contributed by atoms with Crippen molar-refractivity contribution >= 4 is 45.0 Å². The molecule has 4 heterocycles. The fraction of sp³-hybridized carbons (Fsp3) is 0.304. The number of nitrogens with one attached hydrogen (secondary N) is 1. The standard InChI is InChI=1S/C23H23N5O3S2/c1-12-14(3)28(10-16-7-6-8-31-16)20(17(12)9-24)25-18(29)11-32-23-26-21-19(22(30)27(23)5)13(2)15(4)33-21/h6-8H,10-11H2,1-5H3,(H,25,29). The highest BCUT2D eigenvalue weighted by atomic mass is 32.2. The molecule has 170 valence electrons. The molecule has 1 amide bonds. The van der Waals surface area contributed by atoms with Crippen molar-refractivity contribution in [2.75, 3.05) is 11.1 Å². The molecule has 0 saturated carbocycles. The molecule has 8 nitrogen and oxygen atoms in total. The van der Waals surface area contributed by atoms with E-state index in [0.717, 1.165) is 27.5 Å². The van der Waals surface area contributed by atoms with Gasteiger partial charge in [0.1, 0.15) is 22.5 Å². The van der Waals surface area contributed by atoms with Gasteiger partial charge in [-0.1, -0.05) is 11.8 Å². The summed E-state index contributed by atoms with van der Waals surface area (Å²) in [5, 5.41) is 13.7. The Hall–Kier alpha value is -3.29. The molecule has 0 aromatic carbocycles. The van der Waals surface area contributed by atoms with Crippen LogP contribution in [0, 0.1) is 39.0 Å². The van der Waals surface area contributed by atoms with Gasteiger partial charge >= 0.3 is 0 Å². The molecule has 10 heteroatoms. The van der Waals surface area contributed by atoms with Gasteiger partial charge in [-0.15, -0.1) is 11.3 Å². The highest BCUT2D eigenvalue weighted by Gasteiger charge is 2.21. The number of thioether (sulfide) groups is 1. The van der Waals surface area contributed by atoms with Gasteiger partial charge in [-0.2, -0.15) is 5.26 Å². The first kappa shape index (κ1) is 22.9. The molecule has 0 bridgehead atoms. The number of carbonyl (C=O) groups is 1. The number of nitriles is 1. The normalized spacial score (nSPS) is 11.2. The first-order chi connectivity index (χ1) is 15.7. The zero-order valence-electron chi connectivity index (χ0n) is 19.0. The van der Waals surface area contributed by atoms with Crippen LogP contribution >= 0.6 is 23.1 Å². The summed E-state index contributed by atoms with van der Waals surface area (Å²) in [5.74, 6) is 0.916. The molecule has 0 saturated heterocycles. The van der Waals surface area contributed by atoms with E-state index in [1.54, 1.807) is 19.4 Å². The smallest absolute Gasteiger partial charge is 0.262 e. The minimum atomic E-state index is -0.289. The predicted molar refractivity (Wildman–Crippen MR) is 130 cm³/mol. The molecule has 4 aromatic heterocycles. The van der Waals surface area contributed by atoms with E-state index in [2.05, 4.69) is 16.4 Å². The summed E-state index contributed by atoms with van der Waals surface area (Å²) in [6.45, 7) is 8.05. The molecule has 0 radical (unpaired) electrons. The number of aromatic nitrogens is 3. The lowest BCUT2D eigenvalue weighted by molar-refractivity contribution is -0.113. The number of furan rings is 1. The van der Waals surface area contributed by atoms with Crippen molar-refractivity contribution in [2.45, 2.75) is 39.4 Å². The SMILES string of the molecule is Cc1sc2nc(SCC(=O)Nc3c(C#N)c(C)c(C)n3Cc3ccco3)n(C)c(=O)c2c1C. The Morgan fingerprint density at radius 1 is 1.30 bits per heavy atom. The molecular formula is C23H23N5O3S2. The molecule has 0 aliphatic heterocycles. The van der Waals surface area contributed by atoms with Crippen LogP contribution in [0.1, 0.15) is 33.0 Å². The van der Waals surface area contributed by atoms with E-state index < -0.39 is 0 Å². The number of fused-ring (bicyclic) bond motifs is 1. The second-order valence-electron chi connectivity index (χ2n) is 7.77. The first-order valence-electron chi connectivity index (χ1n) is 10.2. The third-order valence-corrected chi connectivity index (χ3v) is 7.93. The molecule has 4 aromatic rings. The third-order valence-electron chi connectivity index (χ3n) is 5.79. The van der Waals surface area contributed by atoms with Crippen LogP contribution in [0.25, 0.3) is 10.2 Å². The number of hydrogen-bond donors (Lipinski definition) is 1. The van der Waals surface area contributed by atoms with E-state index in [1.165, 1.54) is 27.7 Å². The van der Waals surface area contributed by atoms with Gasteiger partial charge in [0.15, 0.2) is 5.16 Å². The van der Waals surface area contributed by atoms with E-state index in [1.807, 2.05) is 38.3 Å². The monoisotopic (exact) mass is 481 g/mol. The molecular weight excluding hydrogens is 458 g/mol. The highest BCUT2D eigenvalue weighted by molar-refractivity contribution is 7.99. The number of amides is 1. The maximum atomic E-state index is 12.9. The van der Waals surface area contributed by atoms with Crippen molar-refractivity contribution in [1.82, 2.24) is 14.1 Å². The number of aryl methyl sites for hydroxylation is 2. The second kappa shape index (κ2) is 8.92. The van der Waals surface area contributed by atoms with Gasteiger partial charge in [0.05, 0.1) is 29.5 Å². The van der Waals surface area contributed by atoms with E-state index in [-0.39, 0.29) is 17.2 Å². The van der Waals surface area contributed by atoms with Crippen LogP contribution in [0.3, 0.4) is 0 Å². The summed E-state index contributed by atoms with van der Waals surface area (Å²) in [4.78, 5) is 32.0. The van der Waals surface area contributed by atoms with Crippen LogP contribution in [0.4, 0.5) is 5.82 Å². The summed E-state index contributed by atoms with van der Waals surface area (Å²) >= 11 is 2.67. The number of thiophene rings is 1. The largest absolute Gasteiger partial charge is 0.467 e. The maximum absolute atomic E-state index is 12.9. The van der Waals surface area contributed by atoms with Crippen LogP contribution in [0.5, 0.6) is 0 Å². The van der Waals surface area contributed by atoms with Crippen LogP contribution < -0.4 is 10.9 Å². The van der Waals surface area contributed by atoms with E-state index >= 15 is 0 Å². The van der Waals surface area contributed by atoms with E-state index in [0.29, 0.717) is 33.3 Å². The summed E-state index contributed by atoms with van der Waals surface area (Å²) in [5.41, 5.74) is 2.95. The van der Waals surface area contributed by atoms with Gasteiger partial charge in [-0.05, 0) is 51.0 Å². The van der Waals surface area contributed by atoms with Crippen LogP contribution in [-0.4, -0.2) is 25.8 Å². The molecule has 33 heavy (non-hydrogen) atoms. The summed E-state index contributed by atoms with van der Waals surface area (Å²) in [7, 11) is 1.66. The minimum absolute atomic E-state index is 0.0457. The van der Waals surface area contributed by atoms with Crippen molar-refractivity contribution < 1.29 is 9.21 Å². The number of nitrogens with zero attached hydrogens (tertiary/aromatic N) is 4. The Morgan fingerprint density at radius 3 is 2.73 bits per heavy atom. The van der Waals surface area contributed by atoms with Crippen LogP contribution in [-0.2, 0) is 18.4 Å². The fourth-order valence-corrected chi connectivity index (χ4v) is 5.51. The first-order valence-corrected chi connectivity index (χ1v) is 12.0. The van der Waals surface area contributed by atoms with Gasteiger partial charge in [-0.25, -0.2) is 4.98 Å². The van der Waals surface area contributed by atoms with E-state index in [9.17, 15) is 14.9 Å². The van der Waals surface area contributed by atoms with Crippen LogP contribution in [0.15, 0.2) is 32.8 Å². The lowest BCUT2D eigenvalue weighted by Crippen LogP contribution is -2.22. The summed E-state index contributed by atoms with van der Waals surface area (Å²) in [6.07, 6.45) is 1.59. The molecule has 0 aliphatic carbocycles. The molecule has 0 unspecified atom stereocenters. The average Bonchev–Trinajstić information content (AvgIpc) is 3.45. The number of rotatable bonds is 6. The Bertz CT molecular complexity index is 1470. The Balaban J connectivity index is 1.58. The zero-order valence-corrected chi connectivity index (χ0v) is 20.6. The van der Waals surface area contributed by atoms with Gasteiger partial charge < -0.3 is 14.3 Å². The maximum Gasteiger partial charge on any atom is 0.262 e. The molecule has 0 fully saturated rings. The van der Waals surface area contributed by atoms with Crippen LogP contribution in [0.2, 0.25) is 0 Å². The van der Waals surface area contributed by atoms with Crippen molar-refractivity contribution in [3.8, 4) is 6.07 Å². The highest BCUT2D eigenvalue weighted by Crippen LogP contribution is 2.29. The second-order valence-corrected chi connectivity index (χ2v) is 9.92. The summed E-state index contributed by atoms with van der Waals surface area (Å²) in [6, 6.07) is 5.84. The quantitative estimate of drug-likeness (QED) is 0.326. The Kier molecular flexibility index (Phi) is 6.19. The minimum Gasteiger partial charge on any atom is -0.467 e. The Labute approximate surface area is 198 Å². The van der Waals surface area contributed by atoms with E-state index in [4.69, 9.17) is 4.42 Å². The van der Waals surface area contributed by atoms with Crippen molar-refractivity contribution in [2.24, 2.45) is 7.05 Å². The third kappa shape index (κ3) is 4.10. The topological polar surface area (TPSA) is 106 Å². The zero-order chi connectivity index (χ0) is 23.9. The molecule has 4 rings (SSSR count). The van der Waals surface area contributed by atoms with Gasteiger partial charge in [0.25, 0.3) is 5.56 Å². The molecule has 0 atom stereocenters. The number of anilines is 1. The van der Waals surface area contributed by atoms with Gasteiger partial charge in [-0.3, -0.25) is 14.2 Å². The lowest BCUT2D eigenvalue weighted by Gasteiger charge is -2.12. The number of hydrogen-bond acceptors (Lipinski definition) is 7. The number of carbonyl (C=O) groups excluding carboxylic acids is 1.